The zero-order valence-electron chi connectivity index (χ0n) is 8.69. The molecule has 0 saturated heterocycles. The highest BCUT2D eigenvalue weighted by molar-refractivity contribution is 4.99. The number of aliphatic hydroxyl groups excluding tert-OH is 1. The van der Waals surface area contributed by atoms with Crippen molar-refractivity contribution in [2.75, 3.05) is 0 Å². The van der Waals surface area contributed by atoms with Crippen LogP contribution in [0, 0.1) is 5.92 Å². The summed E-state index contributed by atoms with van der Waals surface area (Å²) in [5.41, 5.74) is 1.26. The van der Waals surface area contributed by atoms with Crippen LogP contribution in [-0.4, -0.2) is 21.0 Å². The lowest BCUT2D eigenvalue weighted by Crippen LogP contribution is -2.09. The lowest BCUT2D eigenvalue weighted by molar-refractivity contribution is 0.139. The Bertz CT molecular complexity index is 291. The van der Waals surface area contributed by atoms with Gasteiger partial charge in [0.25, 0.3) is 0 Å². The smallest absolute Gasteiger partial charge is 0.0568 e. The SMILES string of the molecule is Cn1nccc1CCCC(O)C1CC1. The molecule has 1 aromatic rings. The average Bonchev–Trinajstić information content (AvgIpc) is 2.93. The van der Waals surface area contributed by atoms with Gasteiger partial charge in [0, 0.05) is 18.9 Å². The Labute approximate surface area is 84.7 Å². The summed E-state index contributed by atoms with van der Waals surface area (Å²) < 4.78 is 1.91. The molecule has 1 aliphatic rings. The Balaban J connectivity index is 1.69. The number of aliphatic hydroxyl groups is 1. The average molecular weight is 194 g/mol. The molecule has 1 aliphatic carbocycles. The maximum Gasteiger partial charge on any atom is 0.0568 e. The van der Waals surface area contributed by atoms with E-state index in [1.54, 1.807) is 0 Å². The third kappa shape index (κ3) is 2.35. The van der Waals surface area contributed by atoms with Crippen molar-refractivity contribution < 1.29 is 5.11 Å². The van der Waals surface area contributed by atoms with E-state index in [4.69, 9.17) is 0 Å². The Morgan fingerprint density at radius 3 is 3.00 bits per heavy atom. The van der Waals surface area contributed by atoms with E-state index in [1.807, 2.05) is 24.0 Å². The van der Waals surface area contributed by atoms with Gasteiger partial charge in [-0.15, -0.1) is 0 Å². The van der Waals surface area contributed by atoms with E-state index in [2.05, 4.69) is 5.10 Å². The van der Waals surface area contributed by atoms with E-state index in [0.29, 0.717) is 5.92 Å². The summed E-state index contributed by atoms with van der Waals surface area (Å²) >= 11 is 0. The van der Waals surface area contributed by atoms with E-state index in [0.717, 1.165) is 19.3 Å². The van der Waals surface area contributed by atoms with Crippen LogP contribution in [0.1, 0.15) is 31.4 Å². The first-order valence-electron chi connectivity index (χ1n) is 5.42. The first-order chi connectivity index (χ1) is 6.77. The molecule has 2 rings (SSSR count). The van der Waals surface area contributed by atoms with Crippen LogP contribution in [-0.2, 0) is 13.5 Å². The number of aromatic nitrogens is 2. The van der Waals surface area contributed by atoms with Crippen molar-refractivity contribution in [2.24, 2.45) is 13.0 Å². The monoisotopic (exact) mass is 194 g/mol. The summed E-state index contributed by atoms with van der Waals surface area (Å²) in [6.45, 7) is 0. The number of nitrogens with zero attached hydrogens (tertiary/aromatic N) is 2. The zero-order valence-corrected chi connectivity index (χ0v) is 8.69. The molecule has 3 heteroatoms. The summed E-state index contributed by atoms with van der Waals surface area (Å²) in [5.74, 6) is 0.613. The van der Waals surface area contributed by atoms with E-state index in [9.17, 15) is 5.11 Å². The van der Waals surface area contributed by atoms with Crippen molar-refractivity contribution in [3.8, 4) is 0 Å². The highest BCUT2D eigenvalue weighted by atomic mass is 16.3. The second kappa shape index (κ2) is 4.13. The zero-order chi connectivity index (χ0) is 9.97. The molecule has 14 heavy (non-hydrogen) atoms. The van der Waals surface area contributed by atoms with Crippen molar-refractivity contribution in [3.63, 3.8) is 0 Å². The number of hydrogen-bond donors (Lipinski definition) is 1. The first kappa shape index (κ1) is 9.71. The summed E-state index contributed by atoms with van der Waals surface area (Å²) in [5, 5.41) is 13.8. The van der Waals surface area contributed by atoms with Gasteiger partial charge >= 0.3 is 0 Å². The van der Waals surface area contributed by atoms with Gasteiger partial charge in [-0.25, -0.2) is 0 Å². The number of hydrogen-bond acceptors (Lipinski definition) is 2. The Morgan fingerprint density at radius 1 is 1.64 bits per heavy atom. The lowest BCUT2D eigenvalue weighted by atomic mass is 10.1. The highest BCUT2D eigenvalue weighted by Crippen LogP contribution is 2.34. The molecular formula is C11H18N2O. The van der Waals surface area contributed by atoms with E-state index in [1.165, 1.54) is 18.5 Å². The number of aryl methyl sites for hydroxylation is 2. The molecule has 1 unspecified atom stereocenters. The molecule has 0 spiro atoms. The maximum absolute atomic E-state index is 9.66. The van der Waals surface area contributed by atoms with Gasteiger partial charge in [-0.05, 0) is 44.1 Å². The third-order valence-electron chi connectivity index (χ3n) is 3.02. The van der Waals surface area contributed by atoms with Gasteiger partial charge < -0.3 is 5.11 Å². The van der Waals surface area contributed by atoms with Crippen molar-refractivity contribution >= 4 is 0 Å². The standard InChI is InChI=1S/C11H18N2O/c1-13-10(7-8-12-13)3-2-4-11(14)9-5-6-9/h7-9,11,14H,2-6H2,1H3. The van der Waals surface area contributed by atoms with Crippen molar-refractivity contribution in [2.45, 2.75) is 38.2 Å². The molecule has 0 radical (unpaired) electrons. The normalized spacial score (nSPS) is 18.4. The minimum Gasteiger partial charge on any atom is -0.393 e. The summed E-state index contributed by atoms with van der Waals surface area (Å²) in [6.07, 6.45) is 7.27. The second-order valence-electron chi connectivity index (χ2n) is 4.24. The van der Waals surface area contributed by atoms with Crippen molar-refractivity contribution in [3.05, 3.63) is 18.0 Å². The van der Waals surface area contributed by atoms with Crippen LogP contribution in [0.5, 0.6) is 0 Å². The Morgan fingerprint density at radius 2 is 2.43 bits per heavy atom. The van der Waals surface area contributed by atoms with Gasteiger partial charge in [-0.1, -0.05) is 0 Å². The fraction of sp³-hybridized carbons (Fsp3) is 0.727. The largest absolute Gasteiger partial charge is 0.393 e. The molecule has 1 saturated carbocycles. The molecule has 78 valence electrons. The minimum absolute atomic E-state index is 0.0526. The van der Waals surface area contributed by atoms with Crippen LogP contribution < -0.4 is 0 Å². The van der Waals surface area contributed by atoms with Crippen LogP contribution >= 0.6 is 0 Å². The first-order valence-corrected chi connectivity index (χ1v) is 5.42. The van der Waals surface area contributed by atoms with Gasteiger partial charge in [-0.2, -0.15) is 5.10 Å². The predicted octanol–water partition coefficient (Wildman–Crippen LogP) is 1.51. The second-order valence-corrected chi connectivity index (χ2v) is 4.24. The summed E-state index contributed by atoms with van der Waals surface area (Å²) in [7, 11) is 1.96. The van der Waals surface area contributed by atoms with Crippen LogP contribution in [0.25, 0.3) is 0 Å². The van der Waals surface area contributed by atoms with Gasteiger partial charge in [0.1, 0.15) is 0 Å². The van der Waals surface area contributed by atoms with Crippen LogP contribution in [0.2, 0.25) is 0 Å². The van der Waals surface area contributed by atoms with Crippen molar-refractivity contribution in [1.82, 2.24) is 9.78 Å². The van der Waals surface area contributed by atoms with E-state index in [-0.39, 0.29) is 6.10 Å². The molecule has 0 aromatic carbocycles. The van der Waals surface area contributed by atoms with Crippen molar-refractivity contribution in [1.29, 1.82) is 0 Å². The van der Waals surface area contributed by atoms with Gasteiger partial charge in [0.2, 0.25) is 0 Å². The van der Waals surface area contributed by atoms with Crippen LogP contribution in [0.15, 0.2) is 12.3 Å². The van der Waals surface area contributed by atoms with E-state index < -0.39 is 0 Å². The molecule has 0 bridgehead atoms. The lowest BCUT2D eigenvalue weighted by Gasteiger charge is -2.08. The van der Waals surface area contributed by atoms with Gasteiger partial charge in [-0.3, -0.25) is 4.68 Å². The maximum atomic E-state index is 9.66. The molecule has 0 amide bonds. The van der Waals surface area contributed by atoms with Gasteiger partial charge in [0.15, 0.2) is 0 Å². The van der Waals surface area contributed by atoms with E-state index >= 15 is 0 Å². The quantitative estimate of drug-likeness (QED) is 0.771. The van der Waals surface area contributed by atoms with Gasteiger partial charge in [0.05, 0.1) is 6.10 Å². The highest BCUT2D eigenvalue weighted by Gasteiger charge is 2.28. The topological polar surface area (TPSA) is 38.0 Å². The molecule has 1 heterocycles. The molecule has 1 atom stereocenters. The molecule has 1 N–H and O–H groups in total. The molecule has 1 fully saturated rings. The molecule has 1 aromatic heterocycles. The van der Waals surface area contributed by atoms with Crippen LogP contribution in [0.3, 0.4) is 0 Å². The predicted molar refractivity (Wildman–Crippen MR) is 54.9 cm³/mol. The molecule has 0 aliphatic heterocycles. The Hall–Kier alpha value is -0.830. The summed E-state index contributed by atoms with van der Waals surface area (Å²) in [6, 6.07) is 2.05. The fourth-order valence-corrected chi connectivity index (χ4v) is 1.86. The molecule has 3 nitrogen and oxygen atoms in total. The third-order valence-corrected chi connectivity index (χ3v) is 3.02. The Kier molecular flexibility index (Phi) is 2.87. The molecular weight excluding hydrogens is 176 g/mol. The number of rotatable bonds is 5. The fourth-order valence-electron chi connectivity index (χ4n) is 1.86. The van der Waals surface area contributed by atoms with Crippen LogP contribution in [0.4, 0.5) is 0 Å². The minimum atomic E-state index is -0.0526. The summed E-state index contributed by atoms with van der Waals surface area (Å²) in [4.78, 5) is 0.